The van der Waals surface area contributed by atoms with Gasteiger partial charge in [0.15, 0.2) is 10.4 Å². The third-order valence-electron chi connectivity index (χ3n) is 1.46. The third kappa shape index (κ3) is 1.14. The molecule has 0 fully saturated rings. The molecule has 0 aliphatic heterocycles. The molecule has 0 spiro atoms. The first-order chi connectivity index (χ1) is 5.25. The van der Waals surface area contributed by atoms with Crippen LogP contribution in [-0.4, -0.2) is 15.0 Å². The van der Waals surface area contributed by atoms with Crippen LogP contribution in [0.1, 0.15) is 5.69 Å². The highest BCUT2D eigenvalue weighted by atomic mass is 79.9. The van der Waals surface area contributed by atoms with E-state index in [1.807, 2.05) is 19.1 Å². The first kappa shape index (κ1) is 6.79. The van der Waals surface area contributed by atoms with Crippen LogP contribution in [0.25, 0.3) is 11.2 Å². The summed E-state index contributed by atoms with van der Waals surface area (Å²) in [4.78, 5) is 11.4. The first-order valence-corrected chi connectivity index (χ1v) is 4.04. The zero-order chi connectivity index (χ0) is 7.84. The highest BCUT2D eigenvalue weighted by molar-refractivity contribution is 9.10. The second kappa shape index (κ2) is 2.30. The number of rotatable bonds is 0. The number of aromatic amines is 1. The molecule has 2 aromatic heterocycles. The van der Waals surface area contributed by atoms with Crippen LogP contribution in [0, 0.1) is 6.92 Å². The van der Waals surface area contributed by atoms with Crippen LogP contribution in [0.15, 0.2) is 16.9 Å². The zero-order valence-corrected chi connectivity index (χ0v) is 7.51. The van der Waals surface area contributed by atoms with E-state index in [-0.39, 0.29) is 0 Å². The Balaban J connectivity index is 2.82. The monoisotopic (exact) mass is 211 g/mol. The molecule has 0 atom stereocenters. The molecule has 0 saturated carbocycles. The van der Waals surface area contributed by atoms with Gasteiger partial charge in [0.25, 0.3) is 0 Å². The van der Waals surface area contributed by atoms with Crippen molar-refractivity contribution in [2.75, 3.05) is 0 Å². The van der Waals surface area contributed by atoms with E-state index in [0.29, 0.717) is 0 Å². The van der Waals surface area contributed by atoms with E-state index < -0.39 is 0 Å². The fourth-order valence-electron chi connectivity index (χ4n) is 0.958. The molecule has 3 nitrogen and oxygen atoms in total. The highest BCUT2D eigenvalue weighted by Crippen LogP contribution is 2.12. The van der Waals surface area contributed by atoms with Crippen LogP contribution in [0.5, 0.6) is 0 Å². The molecule has 2 heterocycles. The number of aromatic nitrogens is 3. The van der Waals surface area contributed by atoms with Gasteiger partial charge in [-0.2, -0.15) is 0 Å². The molecule has 2 rings (SSSR count). The maximum Gasteiger partial charge on any atom is 0.178 e. The van der Waals surface area contributed by atoms with Crippen LogP contribution >= 0.6 is 15.9 Å². The lowest BCUT2D eigenvalue weighted by molar-refractivity contribution is 1.20. The van der Waals surface area contributed by atoms with Gasteiger partial charge < -0.3 is 4.98 Å². The Kier molecular flexibility index (Phi) is 1.42. The summed E-state index contributed by atoms with van der Waals surface area (Å²) in [5, 5.41) is 0. The van der Waals surface area contributed by atoms with Crippen molar-refractivity contribution in [2.45, 2.75) is 6.92 Å². The summed E-state index contributed by atoms with van der Waals surface area (Å²) in [6.07, 6.45) is 0. The number of nitrogens with one attached hydrogen (secondary N) is 1. The number of hydrogen-bond acceptors (Lipinski definition) is 2. The van der Waals surface area contributed by atoms with E-state index in [1.165, 1.54) is 0 Å². The minimum Gasteiger partial charge on any atom is -0.331 e. The Morgan fingerprint density at radius 3 is 3.00 bits per heavy atom. The first-order valence-electron chi connectivity index (χ1n) is 3.24. The smallest absolute Gasteiger partial charge is 0.178 e. The SMILES string of the molecule is Cc1ccc2[nH]c(Br)nc2n1. The van der Waals surface area contributed by atoms with Gasteiger partial charge in [-0.15, -0.1) is 0 Å². The van der Waals surface area contributed by atoms with Crippen molar-refractivity contribution in [3.8, 4) is 0 Å². The molecule has 2 aromatic rings. The second-order valence-corrected chi connectivity index (χ2v) is 3.10. The van der Waals surface area contributed by atoms with Crippen molar-refractivity contribution in [3.05, 3.63) is 22.6 Å². The molecule has 0 aliphatic rings. The highest BCUT2D eigenvalue weighted by Gasteiger charge is 1.99. The Hall–Kier alpha value is -0.900. The molecule has 11 heavy (non-hydrogen) atoms. The molecule has 1 N–H and O–H groups in total. The van der Waals surface area contributed by atoms with Crippen molar-refractivity contribution in [1.82, 2.24) is 15.0 Å². The number of imidazole rings is 1. The molecule has 0 unspecified atom stereocenters. The predicted octanol–water partition coefficient (Wildman–Crippen LogP) is 2.03. The lowest BCUT2D eigenvalue weighted by atomic mass is 10.4. The van der Waals surface area contributed by atoms with Gasteiger partial charge in [-0.1, -0.05) is 0 Å². The summed E-state index contributed by atoms with van der Waals surface area (Å²) in [5.74, 6) is 0. The summed E-state index contributed by atoms with van der Waals surface area (Å²) in [6.45, 7) is 1.95. The molecule has 0 bridgehead atoms. The van der Waals surface area contributed by atoms with Gasteiger partial charge in [0.2, 0.25) is 0 Å². The minimum absolute atomic E-state index is 0.727. The van der Waals surface area contributed by atoms with Gasteiger partial charge in [0.1, 0.15) is 0 Å². The van der Waals surface area contributed by atoms with Crippen molar-refractivity contribution in [3.63, 3.8) is 0 Å². The third-order valence-corrected chi connectivity index (χ3v) is 1.83. The molecule has 56 valence electrons. The maximum absolute atomic E-state index is 4.22. The molecule has 4 heteroatoms. The van der Waals surface area contributed by atoms with E-state index in [0.717, 1.165) is 21.6 Å². The average Bonchev–Trinajstić information content (AvgIpc) is 2.27. The molecule has 0 aromatic carbocycles. The quantitative estimate of drug-likeness (QED) is 0.725. The van der Waals surface area contributed by atoms with E-state index in [9.17, 15) is 0 Å². The summed E-state index contributed by atoms with van der Waals surface area (Å²) < 4.78 is 0.727. The number of hydrogen-bond donors (Lipinski definition) is 1. The van der Waals surface area contributed by atoms with E-state index in [4.69, 9.17) is 0 Å². The molecule has 0 amide bonds. The van der Waals surface area contributed by atoms with Crippen LogP contribution in [0.3, 0.4) is 0 Å². The second-order valence-electron chi connectivity index (χ2n) is 2.35. The van der Waals surface area contributed by atoms with Gasteiger partial charge >= 0.3 is 0 Å². The van der Waals surface area contributed by atoms with E-state index >= 15 is 0 Å². The molecule has 0 radical (unpaired) electrons. The number of aryl methyl sites for hydroxylation is 1. The Morgan fingerprint density at radius 1 is 1.36 bits per heavy atom. The average molecular weight is 212 g/mol. The van der Waals surface area contributed by atoms with Crippen LogP contribution in [0.2, 0.25) is 0 Å². The van der Waals surface area contributed by atoms with Gasteiger partial charge in [-0.25, -0.2) is 9.97 Å². The minimum atomic E-state index is 0.727. The lowest BCUT2D eigenvalue weighted by Crippen LogP contribution is -1.80. The Labute approximate surface area is 72.0 Å². The van der Waals surface area contributed by atoms with Crippen molar-refractivity contribution in [1.29, 1.82) is 0 Å². The van der Waals surface area contributed by atoms with Crippen LogP contribution in [0.4, 0.5) is 0 Å². The van der Waals surface area contributed by atoms with E-state index in [2.05, 4.69) is 30.9 Å². The van der Waals surface area contributed by atoms with Crippen molar-refractivity contribution >= 4 is 27.1 Å². The number of nitrogens with zero attached hydrogens (tertiary/aromatic N) is 2. The predicted molar refractivity (Wildman–Crippen MR) is 46.3 cm³/mol. The van der Waals surface area contributed by atoms with Gasteiger partial charge in [-0.3, -0.25) is 0 Å². The van der Waals surface area contributed by atoms with Crippen LogP contribution < -0.4 is 0 Å². The van der Waals surface area contributed by atoms with Gasteiger partial charge in [0, 0.05) is 5.69 Å². The van der Waals surface area contributed by atoms with Gasteiger partial charge in [-0.05, 0) is 35.0 Å². The summed E-state index contributed by atoms with van der Waals surface area (Å²) in [5.41, 5.74) is 2.70. The fourth-order valence-corrected chi connectivity index (χ4v) is 1.34. The summed E-state index contributed by atoms with van der Waals surface area (Å²) in [7, 11) is 0. The summed E-state index contributed by atoms with van der Waals surface area (Å²) in [6, 6.07) is 3.92. The van der Waals surface area contributed by atoms with Crippen molar-refractivity contribution < 1.29 is 0 Å². The lowest BCUT2D eigenvalue weighted by Gasteiger charge is -1.88. The maximum atomic E-state index is 4.22. The molecule has 0 aliphatic carbocycles. The Morgan fingerprint density at radius 2 is 2.18 bits per heavy atom. The Bertz CT molecular complexity index is 393. The standard InChI is InChI=1S/C7H6BrN3/c1-4-2-3-5-6(9-4)11-7(8)10-5/h2-3H,1H3,(H,9,10,11). The largest absolute Gasteiger partial charge is 0.331 e. The van der Waals surface area contributed by atoms with Crippen molar-refractivity contribution in [2.24, 2.45) is 0 Å². The summed E-state index contributed by atoms with van der Waals surface area (Å²) >= 11 is 3.24. The topological polar surface area (TPSA) is 41.6 Å². The number of H-pyrrole nitrogens is 1. The molecular formula is C7H6BrN3. The zero-order valence-electron chi connectivity index (χ0n) is 5.93. The molecule has 0 saturated heterocycles. The van der Waals surface area contributed by atoms with E-state index in [1.54, 1.807) is 0 Å². The van der Waals surface area contributed by atoms with Gasteiger partial charge in [0.05, 0.1) is 5.52 Å². The molecular weight excluding hydrogens is 206 g/mol. The number of halogens is 1. The number of pyridine rings is 1. The normalized spacial score (nSPS) is 10.7. The number of fused-ring (bicyclic) bond motifs is 1. The van der Waals surface area contributed by atoms with Crippen LogP contribution in [-0.2, 0) is 0 Å². The fraction of sp³-hybridized carbons (Fsp3) is 0.143.